The third kappa shape index (κ3) is 6.36. The minimum atomic E-state index is -0.495. The van der Waals surface area contributed by atoms with E-state index in [1.54, 1.807) is 18.9 Å². The van der Waals surface area contributed by atoms with Crippen molar-refractivity contribution in [3.63, 3.8) is 0 Å². The van der Waals surface area contributed by atoms with Crippen molar-refractivity contribution in [2.45, 2.75) is 32.9 Å². The highest BCUT2D eigenvalue weighted by atomic mass is 16.3. The number of hydrogen-bond acceptors (Lipinski definition) is 4. The molecular weight excluding hydrogens is 210 g/mol. The zero-order valence-corrected chi connectivity index (χ0v) is 10.3. The first-order valence-corrected chi connectivity index (χ1v) is 5.28. The Hall–Kier alpha value is -1.14. The van der Waals surface area contributed by atoms with Crippen LogP contribution in [0.1, 0.15) is 20.8 Å². The summed E-state index contributed by atoms with van der Waals surface area (Å²) >= 11 is 0. The fourth-order valence-electron chi connectivity index (χ4n) is 0.986. The van der Waals surface area contributed by atoms with E-state index in [1.165, 1.54) is 0 Å². The van der Waals surface area contributed by atoms with E-state index >= 15 is 0 Å². The minimum absolute atomic E-state index is 0.0121. The van der Waals surface area contributed by atoms with Crippen molar-refractivity contribution in [1.29, 1.82) is 0 Å². The smallest absolute Gasteiger partial charge is 0.321 e. The predicted octanol–water partition coefficient (Wildman–Crippen LogP) is -0.467. The van der Waals surface area contributed by atoms with Gasteiger partial charge in [0.1, 0.15) is 0 Å². The summed E-state index contributed by atoms with van der Waals surface area (Å²) in [5, 5.41) is 13.6. The highest BCUT2D eigenvalue weighted by Gasteiger charge is 2.14. The molecule has 0 saturated carbocycles. The monoisotopic (exact) mass is 231 g/mol. The van der Waals surface area contributed by atoms with E-state index in [4.69, 9.17) is 5.11 Å². The van der Waals surface area contributed by atoms with Gasteiger partial charge in [-0.05, 0) is 27.8 Å². The van der Waals surface area contributed by atoms with Crippen LogP contribution in [0.2, 0.25) is 0 Å². The van der Waals surface area contributed by atoms with Gasteiger partial charge < -0.3 is 10.4 Å². The molecule has 16 heavy (non-hydrogen) atoms. The summed E-state index contributed by atoms with van der Waals surface area (Å²) in [6, 6.07) is -0.620. The maximum absolute atomic E-state index is 11.4. The number of carbonyl (C=O) groups excluding carboxylic acids is 2. The Morgan fingerprint density at radius 1 is 1.31 bits per heavy atom. The summed E-state index contributed by atoms with van der Waals surface area (Å²) in [7, 11) is 1.71. The van der Waals surface area contributed by atoms with Crippen molar-refractivity contribution in [2.75, 3.05) is 20.2 Å². The van der Waals surface area contributed by atoms with Gasteiger partial charge in [0.25, 0.3) is 0 Å². The number of likely N-dealkylation sites (N-methyl/N-ethyl adjacent to an activating group) is 1. The van der Waals surface area contributed by atoms with Crippen LogP contribution < -0.4 is 10.6 Å². The number of aliphatic hydroxyl groups is 1. The fourth-order valence-corrected chi connectivity index (χ4v) is 0.986. The van der Waals surface area contributed by atoms with E-state index in [0.717, 1.165) is 0 Å². The van der Waals surface area contributed by atoms with E-state index in [0.29, 0.717) is 0 Å². The third-order valence-corrected chi connectivity index (χ3v) is 2.08. The number of rotatable bonds is 5. The Bertz CT molecular complexity index is 243. The number of nitrogens with one attached hydrogen (secondary N) is 2. The zero-order valence-electron chi connectivity index (χ0n) is 10.3. The quantitative estimate of drug-likeness (QED) is 0.597. The standard InChI is InChI=1S/C10H21N3O3/c1-7(2)11-10(16)12-9(15)5-13(4)8(3)6-14/h7-8,14H,5-6H2,1-4H3,(H2,11,12,15,16). The molecule has 0 aliphatic rings. The second kappa shape index (κ2) is 7.19. The first kappa shape index (κ1) is 14.9. The summed E-state index contributed by atoms with van der Waals surface area (Å²) in [5.41, 5.74) is 0. The first-order chi connectivity index (χ1) is 7.36. The van der Waals surface area contributed by atoms with Gasteiger partial charge >= 0.3 is 6.03 Å². The van der Waals surface area contributed by atoms with Crippen LogP contribution in [0, 0.1) is 0 Å². The van der Waals surface area contributed by atoms with Crippen LogP contribution in [0.15, 0.2) is 0 Å². The lowest BCUT2D eigenvalue weighted by Crippen LogP contribution is -2.47. The molecule has 1 atom stereocenters. The predicted molar refractivity (Wildman–Crippen MR) is 61.0 cm³/mol. The van der Waals surface area contributed by atoms with Crippen LogP contribution in [-0.4, -0.2) is 54.2 Å². The molecule has 0 radical (unpaired) electrons. The molecule has 0 aliphatic heterocycles. The lowest BCUT2D eigenvalue weighted by molar-refractivity contribution is -0.121. The fraction of sp³-hybridized carbons (Fsp3) is 0.800. The molecule has 0 spiro atoms. The second-order valence-electron chi connectivity index (χ2n) is 4.12. The van der Waals surface area contributed by atoms with Crippen molar-refractivity contribution in [3.05, 3.63) is 0 Å². The van der Waals surface area contributed by atoms with Gasteiger partial charge in [0.2, 0.25) is 5.91 Å². The molecule has 94 valence electrons. The van der Waals surface area contributed by atoms with Crippen molar-refractivity contribution in [3.8, 4) is 0 Å². The van der Waals surface area contributed by atoms with Crippen LogP contribution in [0.5, 0.6) is 0 Å². The number of aliphatic hydroxyl groups excluding tert-OH is 1. The Kier molecular flexibility index (Phi) is 6.67. The van der Waals surface area contributed by atoms with Crippen molar-refractivity contribution in [1.82, 2.24) is 15.5 Å². The molecule has 6 nitrogen and oxygen atoms in total. The zero-order chi connectivity index (χ0) is 12.7. The lowest BCUT2D eigenvalue weighted by Gasteiger charge is -2.21. The molecule has 0 saturated heterocycles. The summed E-state index contributed by atoms with van der Waals surface area (Å²) < 4.78 is 0. The van der Waals surface area contributed by atoms with Gasteiger partial charge in [-0.25, -0.2) is 4.79 Å². The molecule has 0 fully saturated rings. The molecule has 0 heterocycles. The van der Waals surface area contributed by atoms with Crippen LogP contribution in [0.3, 0.4) is 0 Å². The average Bonchev–Trinajstić information content (AvgIpc) is 2.14. The van der Waals surface area contributed by atoms with Crippen LogP contribution in [-0.2, 0) is 4.79 Å². The van der Waals surface area contributed by atoms with Crippen LogP contribution in [0.4, 0.5) is 4.79 Å². The first-order valence-electron chi connectivity index (χ1n) is 5.28. The van der Waals surface area contributed by atoms with Crippen molar-refractivity contribution < 1.29 is 14.7 Å². The second-order valence-corrected chi connectivity index (χ2v) is 4.12. The Labute approximate surface area is 96.0 Å². The summed E-state index contributed by atoms with van der Waals surface area (Å²) in [4.78, 5) is 24.2. The number of hydrogen-bond donors (Lipinski definition) is 3. The van der Waals surface area contributed by atoms with E-state index in [1.807, 2.05) is 13.8 Å². The molecule has 3 amide bonds. The van der Waals surface area contributed by atoms with Crippen LogP contribution in [0.25, 0.3) is 0 Å². The van der Waals surface area contributed by atoms with Gasteiger partial charge in [-0.3, -0.25) is 15.0 Å². The van der Waals surface area contributed by atoms with Crippen LogP contribution >= 0.6 is 0 Å². The molecule has 0 aromatic heterocycles. The van der Waals surface area contributed by atoms with Crippen molar-refractivity contribution >= 4 is 11.9 Å². The maximum Gasteiger partial charge on any atom is 0.321 e. The number of nitrogens with zero attached hydrogens (tertiary/aromatic N) is 1. The normalized spacial score (nSPS) is 12.7. The molecular formula is C10H21N3O3. The lowest BCUT2D eigenvalue weighted by atomic mass is 10.3. The molecule has 0 bridgehead atoms. The van der Waals surface area contributed by atoms with Gasteiger partial charge in [-0.15, -0.1) is 0 Å². The van der Waals surface area contributed by atoms with Gasteiger partial charge in [-0.1, -0.05) is 0 Å². The van der Waals surface area contributed by atoms with E-state index in [9.17, 15) is 9.59 Å². The van der Waals surface area contributed by atoms with Gasteiger partial charge in [0.05, 0.1) is 13.2 Å². The maximum atomic E-state index is 11.4. The molecule has 3 N–H and O–H groups in total. The number of urea groups is 1. The van der Waals surface area contributed by atoms with Gasteiger partial charge in [0.15, 0.2) is 0 Å². The minimum Gasteiger partial charge on any atom is -0.395 e. The SMILES string of the molecule is CC(C)NC(=O)NC(=O)CN(C)C(C)CO. The van der Waals surface area contributed by atoms with E-state index in [-0.39, 0.29) is 31.1 Å². The number of imide groups is 1. The summed E-state index contributed by atoms with van der Waals surface area (Å²) in [5.74, 6) is -0.388. The van der Waals surface area contributed by atoms with E-state index < -0.39 is 6.03 Å². The molecule has 6 heteroatoms. The topological polar surface area (TPSA) is 81.7 Å². The van der Waals surface area contributed by atoms with Gasteiger partial charge in [-0.2, -0.15) is 0 Å². The third-order valence-electron chi connectivity index (χ3n) is 2.08. The number of carbonyl (C=O) groups is 2. The van der Waals surface area contributed by atoms with Crippen molar-refractivity contribution in [2.24, 2.45) is 0 Å². The highest BCUT2D eigenvalue weighted by molar-refractivity contribution is 5.95. The summed E-state index contributed by atoms with van der Waals surface area (Å²) in [6.07, 6.45) is 0. The molecule has 0 aromatic rings. The number of amides is 3. The highest BCUT2D eigenvalue weighted by Crippen LogP contribution is 1.92. The Morgan fingerprint density at radius 2 is 1.88 bits per heavy atom. The van der Waals surface area contributed by atoms with E-state index in [2.05, 4.69) is 10.6 Å². The average molecular weight is 231 g/mol. The molecule has 0 aliphatic carbocycles. The molecule has 0 aromatic carbocycles. The molecule has 0 rings (SSSR count). The van der Waals surface area contributed by atoms with Gasteiger partial charge in [0, 0.05) is 12.1 Å². The Morgan fingerprint density at radius 3 is 2.31 bits per heavy atom. The molecule has 1 unspecified atom stereocenters. The summed E-state index contributed by atoms with van der Waals surface area (Å²) in [6.45, 7) is 5.46. The largest absolute Gasteiger partial charge is 0.395 e. The Balaban J connectivity index is 3.94.